The van der Waals surface area contributed by atoms with Crippen LogP contribution in [0.15, 0.2) is 0 Å². The van der Waals surface area contributed by atoms with Gasteiger partial charge >= 0.3 is 0 Å². The Morgan fingerprint density at radius 3 is 2.71 bits per heavy atom. The third-order valence-electron chi connectivity index (χ3n) is 4.11. The van der Waals surface area contributed by atoms with Crippen LogP contribution in [0.5, 0.6) is 0 Å². The summed E-state index contributed by atoms with van der Waals surface area (Å²) in [6, 6.07) is 1.39. The van der Waals surface area contributed by atoms with Crippen LogP contribution < -0.4 is 5.32 Å². The van der Waals surface area contributed by atoms with Crippen molar-refractivity contribution < 1.29 is 0 Å². The van der Waals surface area contributed by atoms with E-state index in [4.69, 9.17) is 0 Å². The molecule has 1 rings (SSSR count). The molecule has 3 unspecified atom stereocenters. The van der Waals surface area contributed by atoms with Crippen molar-refractivity contribution in [2.24, 2.45) is 5.92 Å². The minimum Gasteiger partial charge on any atom is -0.314 e. The minimum atomic E-state index is 0.658. The molecule has 3 atom stereocenters. The van der Waals surface area contributed by atoms with Gasteiger partial charge in [0.1, 0.15) is 0 Å². The van der Waals surface area contributed by atoms with Gasteiger partial charge in [-0.2, -0.15) is 0 Å². The lowest BCUT2D eigenvalue weighted by Crippen LogP contribution is -2.39. The van der Waals surface area contributed by atoms with E-state index in [0.29, 0.717) is 6.04 Å². The largest absolute Gasteiger partial charge is 0.314 e. The van der Waals surface area contributed by atoms with Crippen molar-refractivity contribution >= 4 is 0 Å². The molecule has 102 valence electrons. The van der Waals surface area contributed by atoms with E-state index < -0.39 is 0 Å². The Balaban J connectivity index is 2.28. The van der Waals surface area contributed by atoms with Gasteiger partial charge in [0.15, 0.2) is 0 Å². The van der Waals surface area contributed by atoms with Crippen LogP contribution >= 0.6 is 0 Å². The van der Waals surface area contributed by atoms with Crippen molar-refractivity contribution in [3.8, 4) is 0 Å². The second-order valence-electron chi connectivity index (χ2n) is 6.01. The van der Waals surface area contributed by atoms with Gasteiger partial charge in [-0.1, -0.05) is 13.8 Å². The molecule has 1 aliphatic heterocycles. The van der Waals surface area contributed by atoms with Crippen molar-refractivity contribution in [1.82, 2.24) is 10.2 Å². The third-order valence-corrected chi connectivity index (χ3v) is 4.11. The van der Waals surface area contributed by atoms with Crippen LogP contribution in [-0.2, 0) is 0 Å². The van der Waals surface area contributed by atoms with E-state index in [2.05, 4.69) is 37.9 Å². The van der Waals surface area contributed by atoms with E-state index in [9.17, 15) is 0 Å². The van der Waals surface area contributed by atoms with E-state index in [1.54, 1.807) is 0 Å². The summed E-state index contributed by atoms with van der Waals surface area (Å²) in [6.45, 7) is 13.1. The molecule has 0 radical (unpaired) electrons. The van der Waals surface area contributed by atoms with Gasteiger partial charge in [-0.3, -0.25) is 0 Å². The number of nitrogens with zero attached hydrogens (tertiary/aromatic N) is 1. The van der Waals surface area contributed by atoms with Gasteiger partial charge in [-0.05, 0) is 71.5 Å². The van der Waals surface area contributed by atoms with E-state index in [0.717, 1.165) is 18.5 Å². The van der Waals surface area contributed by atoms with E-state index in [1.807, 2.05) is 0 Å². The second-order valence-corrected chi connectivity index (χ2v) is 6.01. The molecule has 0 aliphatic carbocycles. The molecule has 2 nitrogen and oxygen atoms in total. The lowest BCUT2D eigenvalue weighted by Gasteiger charge is -2.30. The Labute approximate surface area is 108 Å². The predicted molar refractivity (Wildman–Crippen MR) is 76.4 cm³/mol. The number of hydrogen-bond acceptors (Lipinski definition) is 2. The molecule has 1 fully saturated rings. The van der Waals surface area contributed by atoms with E-state index in [1.165, 1.54) is 45.2 Å². The van der Waals surface area contributed by atoms with Crippen molar-refractivity contribution in [3.05, 3.63) is 0 Å². The second kappa shape index (κ2) is 8.10. The molecule has 0 aromatic rings. The van der Waals surface area contributed by atoms with E-state index in [-0.39, 0.29) is 0 Å². The molecular weight excluding hydrogens is 208 g/mol. The summed E-state index contributed by atoms with van der Waals surface area (Å²) < 4.78 is 0. The zero-order valence-corrected chi connectivity index (χ0v) is 12.3. The van der Waals surface area contributed by atoms with Gasteiger partial charge < -0.3 is 10.2 Å². The molecule has 17 heavy (non-hydrogen) atoms. The molecule has 0 saturated carbocycles. The quantitative estimate of drug-likeness (QED) is 0.766. The Bertz CT molecular complexity index is 193. The summed E-state index contributed by atoms with van der Waals surface area (Å²) in [7, 11) is 0. The first-order chi connectivity index (χ1) is 8.13. The highest BCUT2D eigenvalue weighted by molar-refractivity contribution is 4.76. The SMILES string of the molecule is CCCNC(C)CC(C)N1CCCC(C)CC1. The zero-order valence-electron chi connectivity index (χ0n) is 12.3. The van der Waals surface area contributed by atoms with Gasteiger partial charge in [0.25, 0.3) is 0 Å². The topological polar surface area (TPSA) is 15.3 Å². The fourth-order valence-electron chi connectivity index (χ4n) is 2.86. The van der Waals surface area contributed by atoms with Crippen molar-refractivity contribution in [2.75, 3.05) is 19.6 Å². The molecule has 0 amide bonds. The van der Waals surface area contributed by atoms with E-state index >= 15 is 0 Å². The van der Waals surface area contributed by atoms with Crippen LogP contribution in [0.25, 0.3) is 0 Å². The predicted octanol–water partition coefficient (Wildman–Crippen LogP) is 3.28. The average Bonchev–Trinajstić information content (AvgIpc) is 2.51. The highest BCUT2D eigenvalue weighted by atomic mass is 15.2. The summed E-state index contributed by atoms with van der Waals surface area (Å²) in [4.78, 5) is 2.70. The maximum absolute atomic E-state index is 3.60. The number of likely N-dealkylation sites (tertiary alicyclic amines) is 1. The lowest BCUT2D eigenvalue weighted by molar-refractivity contribution is 0.193. The molecule has 1 heterocycles. The number of hydrogen-bond donors (Lipinski definition) is 1. The standard InChI is InChI=1S/C15H32N2/c1-5-9-16-14(3)12-15(4)17-10-6-7-13(2)8-11-17/h13-16H,5-12H2,1-4H3. The molecule has 0 aromatic carbocycles. The Morgan fingerprint density at radius 1 is 1.24 bits per heavy atom. The summed E-state index contributed by atoms with van der Waals surface area (Å²) in [5, 5.41) is 3.60. The van der Waals surface area contributed by atoms with Crippen molar-refractivity contribution in [3.63, 3.8) is 0 Å². The first kappa shape index (κ1) is 15.0. The first-order valence-corrected chi connectivity index (χ1v) is 7.61. The number of rotatable bonds is 6. The Hall–Kier alpha value is -0.0800. The summed E-state index contributed by atoms with van der Waals surface area (Å²) in [5.41, 5.74) is 0. The van der Waals surface area contributed by atoms with Gasteiger partial charge in [0.2, 0.25) is 0 Å². The van der Waals surface area contributed by atoms with Gasteiger partial charge in [-0.25, -0.2) is 0 Å². The van der Waals surface area contributed by atoms with Crippen LogP contribution in [-0.4, -0.2) is 36.6 Å². The summed E-state index contributed by atoms with van der Waals surface area (Å²) in [5.74, 6) is 0.933. The fourth-order valence-corrected chi connectivity index (χ4v) is 2.86. The smallest absolute Gasteiger partial charge is 0.00816 e. The normalized spacial score (nSPS) is 26.5. The summed E-state index contributed by atoms with van der Waals surface area (Å²) >= 11 is 0. The third kappa shape index (κ3) is 5.87. The first-order valence-electron chi connectivity index (χ1n) is 7.61. The van der Waals surface area contributed by atoms with Crippen LogP contribution in [0.4, 0.5) is 0 Å². The molecule has 0 spiro atoms. The molecular formula is C15H32N2. The Morgan fingerprint density at radius 2 is 2.00 bits per heavy atom. The molecule has 1 N–H and O–H groups in total. The maximum atomic E-state index is 3.60. The van der Waals surface area contributed by atoms with Crippen LogP contribution in [0.3, 0.4) is 0 Å². The average molecular weight is 240 g/mol. The van der Waals surface area contributed by atoms with Crippen LogP contribution in [0.2, 0.25) is 0 Å². The Kier molecular flexibility index (Phi) is 7.14. The van der Waals surface area contributed by atoms with Crippen LogP contribution in [0, 0.1) is 5.92 Å². The van der Waals surface area contributed by atoms with Crippen molar-refractivity contribution in [2.45, 2.75) is 71.9 Å². The molecule has 1 saturated heterocycles. The summed E-state index contributed by atoms with van der Waals surface area (Å²) in [6.07, 6.45) is 6.73. The maximum Gasteiger partial charge on any atom is 0.00816 e. The van der Waals surface area contributed by atoms with Gasteiger partial charge in [-0.15, -0.1) is 0 Å². The lowest BCUT2D eigenvalue weighted by atomic mass is 10.0. The molecule has 1 aliphatic rings. The minimum absolute atomic E-state index is 0.658. The fraction of sp³-hybridized carbons (Fsp3) is 1.00. The van der Waals surface area contributed by atoms with Gasteiger partial charge in [0, 0.05) is 12.1 Å². The highest BCUT2D eigenvalue weighted by Gasteiger charge is 2.19. The molecule has 0 bridgehead atoms. The van der Waals surface area contributed by atoms with Gasteiger partial charge in [0.05, 0.1) is 0 Å². The monoisotopic (exact) mass is 240 g/mol. The zero-order chi connectivity index (χ0) is 12.7. The van der Waals surface area contributed by atoms with Crippen molar-refractivity contribution in [1.29, 1.82) is 0 Å². The highest BCUT2D eigenvalue weighted by Crippen LogP contribution is 2.19. The molecule has 2 heteroatoms. The van der Waals surface area contributed by atoms with Crippen LogP contribution in [0.1, 0.15) is 59.8 Å². The molecule has 0 aromatic heterocycles. The number of nitrogens with one attached hydrogen (secondary N) is 1.